The van der Waals surface area contributed by atoms with Crippen LogP contribution in [0.1, 0.15) is 33.0 Å². The molecule has 0 aliphatic carbocycles. The number of aryl methyl sites for hydroxylation is 4. The summed E-state index contributed by atoms with van der Waals surface area (Å²) in [7, 11) is 0. The molecular weight excluding hydrogens is 316 g/mol. The van der Waals surface area contributed by atoms with Gasteiger partial charge >= 0.3 is 0 Å². The van der Waals surface area contributed by atoms with Gasteiger partial charge in [0.1, 0.15) is 17.3 Å². The number of nitrogens with zero attached hydrogens (tertiary/aromatic N) is 3. The van der Waals surface area contributed by atoms with Crippen molar-refractivity contribution in [3.05, 3.63) is 46.4 Å². The third-order valence-corrected chi connectivity index (χ3v) is 4.31. The van der Waals surface area contributed by atoms with Gasteiger partial charge in [0.2, 0.25) is 0 Å². The molecule has 0 saturated carbocycles. The summed E-state index contributed by atoms with van der Waals surface area (Å²) in [6.45, 7) is 10.7. The largest absolute Gasteiger partial charge is 0.378 e. The van der Waals surface area contributed by atoms with E-state index in [9.17, 15) is 4.79 Å². The van der Waals surface area contributed by atoms with Gasteiger partial charge in [-0.15, -0.1) is 0 Å². The van der Waals surface area contributed by atoms with Gasteiger partial charge in [-0.25, -0.2) is 9.97 Å². The molecule has 2 aromatic rings. The third-order valence-electron chi connectivity index (χ3n) is 4.31. The highest BCUT2D eigenvalue weighted by Crippen LogP contribution is 2.23. The molecule has 0 spiro atoms. The number of amides is 1. The minimum atomic E-state index is -0.213. The van der Waals surface area contributed by atoms with Crippen LogP contribution in [-0.4, -0.2) is 42.2 Å². The summed E-state index contributed by atoms with van der Waals surface area (Å²) in [5.74, 6) is 1.15. The average Bonchev–Trinajstić information content (AvgIpc) is 2.58. The van der Waals surface area contributed by atoms with Gasteiger partial charge in [0.25, 0.3) is 5.91 Å². The monoisotopic (exact) mass is 340 g/mol. The third kappa shape index (κ3) is 3.96. The van der Waals surface area contributed by atoms with Crippen LogP contribution >= 0.6 is 0 Å². The Morgan fingerprint density at radius 1 is 1.04 bits per heavy atom. The zero-order valence-corrected chi connectivity index (χ0v) is 15.2. The van der Waals surface area contributed by atoms with Gasteiger partial charge in [-0.2, -0.15) is 0 Å². The summed E-state index contributed by atoms with van der Waals surface area (Å²) >= 11 is 0. The van der Waals surface area contributed by atoms with Gasteiger partial charge in [-0.05, 0) is 38.8 Å². The number of hydrogen-bond donors (Lipinski definition) is 1. The minimum absolute atomic E-state index is 0.213. The number of nitrogens with one attached hydrogen (secondary N) is 1. The van der Waals surface area contributed by atoms with Crippen molar-refractivity contribution in [2.24, 2.45) is 0 Å². The van der Waals surface area contributed by atoms with Crippen LogP contribution in [-0.2, 0) is 4.74 Å². The molecule has 1 fully saturated rings. The van der Waals surface area contributed by atoms with Crippen molar-refractivity contribution in [1.29, 1.82) is 0 Å². The maximum atomic E-state index is 12.7. The summed E-state index contributed by atoms with van der Waals surface area (Å²) in [6.07, 6.45) is 0. The number of carbonyl (C=O) groups is 1. The molecule has 2 heterocycles. The first kappa shape index (κ1) is 17.4. The Kier molecular flexibility index (Phi) is 4.99. The van der Waals surface area contributed by atoms with Crippen LogP contribution < -0.4 is 10.2 Å². The number of morpholine rings is 1. The average molecular weight is 340 g/mol. The van der Waals surface area contributed by atoms with Crippen LogP contribution in [0.5, 0.6) is 0 Å². The van der Waals surface area contributed by atoms with Crippen molar-refractivity contribution >= 4 is 17.4 Å². The van der Waals surface area contributed by atoms with Gasteiger partial charge in [0.05, 0.1) is 13.2 Å². The molecule has 0 bridgehead atoms. The van der Waals surface area contributed by atoms with E-state index in [0.29, 0.717) is 24.7 Å². The van der Waals surface area contributed by atoms with Crippen LogP contribution in [0, 0.1) is 27.7 Å². The smallest absolute Gasteiger partial charge is 0.274 e. The maximum Gasteiger partial charge on any atom is 0.274 e. The first-order valence-corrected chi connectivity index (χ1v) is 8.51. The Morgan fingerprint density at radius 3 is 2.32 bits per heavy atom. The normalized spacial score (nSPS) is 14.5. The van der Waals surface area contributed by atoms with E-state index in [1.54, 1.807) is 6.07 Å². The van der Waals surface area contributed by atoms with Crippen LogP contribution in [0.25, 0.3) is 0 Å². The molecule has 1 aliphatic rings. The molecule has 25 heavy (non-hydrogen) atoms. The zero-order chi connectivity index (χ0) is 18.0. The molecule has 1 N–H and O–H groups in total. The fourth-order valence-electron chi connectivity index (χ4n) is 3.18. The number of anilines is 2. The molecule has 132 valence electrons. The molecular formula is C19H24N4O2. The lowest BCUT2D eigenvalue weighted by Crippen LogP contribution is -2.37. The number of rotatable bonds is 3. The topological polar surface area (TPSA) is 67.4 Å². The van der Waals surface area contributed by atoms with E-state index >= 15 is 0 Å². The number of benzene rings is 1. The summed E-state index contributed by atoms with van der Waals surface area (Å²) in [5.41, 5.74) is 4.50. The van der Waals surface area contributed by atoms with Crippen molar-refractivity contribution in [2.75, 3.05) is 36.5 Å². The van der Waals surface area contributed by atoms with E-state index in [4.69, 9.17) is 4.74 Å². The second kappa shape index (κ2) is 7.19. The molecule has 1 aromatic heterocycles. The quantitative estimate of drug-likeness (QED) is 0.930. The molecule has 0 atom stereocenters. The molecule has 3 rings (SSSR count). The van der Waals surface area contributed by atoms with E-state index in [-0.39, 0.29) is 5.91 Å². The summed E-state index contributed by atoms with van der Waals surface area (Å²) in [4.78, 5) is 23.7. The molecule has 6 nitrogen and oxygen atoms in total. The highest BCUT2D eigenvalue weighted by atomic mass is 16.5. The lowest BCUT2D eigenvalue weighted by atomic mass is 10.0. The summed E-state index contributed by atoms with van der Waals surface area (Å²) in [5, 5.41) is 3.01. The van der Waals surface area contributed by atoms with E-state index < -0.39 is 0 Å². The Hall–Kier alpha value is -2.47. The molecule has 6 heteroatoms. The lowest BCUT2D eigenvalue weighted by Gasteiger charge is -2.28. The van der Waals surface area contributed by atoms with E-state index in [2.05, 4.69) is 32.3 Å². The van der Waals surface area contributed by atoms with Gasteiger partial charge in [-0.1, -0.05) is 17.7 Å². The summed E-state index contributed by atoms with van der Waals surface area (Å²) < 4.78 is 5.38. The Labute approximate surface area is 148 Å². The lowest BCUT2D eigenvalue weighted by molar-refractivity contribution is 0.102. The van der Waals surface area contributed by atoms with Gasteiger partial charge in [0.15, 0.2) is 0 Å². The SMILES string of the molecule is Cc1cc(C)c(NC(=O)c2cc(N3CCOCC3)nc(C)n2)c(C)c1. The van der Waals surface area contributed by atoms with E-state index in [1.165, 1.54) is 5.56 Å². The van der Waals surface area contributed by atoms with Crippen LogP contribution in [0.15, 0.2) is 18.2 Å². The fraction of sp³-hybridized carbons (Fsp3) is 0.421. The Balaban J connectivity index is 1.86. The first-order valence-electron chi connectivity index (χ1n) is 8.51. The number of ether oxygens (including phenoxy) is 1. The summed E-state index contributed by atoms with van der Waals surface area (Å²) in [6, 6.07) is 5.88. The van der Waals surface area contributed by atoms with Crippen molar-refractivity contribution < 1.29 is 9.53 Å². The van der Waals surface area contributed by atoms with Gasteiger partial charge < -0.3 is 15.0 Å². The zero-order valence-electron chi connectivity index (χ0n) is 15.2. The first-order chi connectivity index (χ1) is 11.9. The molecule has 0 unspecified atom stereocenters. The molecule has 1 amide bonds. The van der Waals surface area contributed by atoms with E-state index in [0.717, 1.165) is 35.7 Å². The van der Waals surface area contributed by atoms with Crippen LogP contribution in [0.3, 0.4) is 0 Å². The molecule has 1 aliphatic heterocycles. The minimum Gasteiger partial charge on any atom is -0.378 e. The predicted molar refractivity (Wildman–Crippen MR) is 98.4 cm³/mol. The number of hydrogen-bond acceptors (Lipinski definition) is 5. The highest BCUT2D eigenvalue weighted by Gasteiger charge is 2.18. The number of carbonyl (C=O) groups excluding carboxylic acids is 1. The highest BCUT2D eigenvalue weighted by molar-refractivity contribution is 6.04. The Morgan fingerprint density at radius 2 is 1.68 bits per heavy atom. The second-order valence-electron chi connectivity index (χ2n) is 6.49. The van der Waals surface area contributed by atoms with Gasteiger partial charge in [0, 0.05) is 24.8 Å². The van der Waals surface area contributed by atoms with Crippen molar-refractivity contribution in [3.8, 4) is 0 Å². The van der Waals surface area contributed by atoms with E-state index in [1.807, 2.05) is 27.7 Å². The molecule has 1 aromatic carbocycles. The molecule has 0 radical (unpaired) electrons. The number of aromatic nitrogens is 2. The maximum absolute atomic E-state index is 12.7. The van der Waals surface area contributed by atoms with Crippen molar-refractivity contribution in [2.45, 2.75) is 27.7 Å². The predicted octanol–water partition coefficient (Wildman–Crippen LogP) is 2.80. The van der Waals surface area contributed by atoms with Crippen molar-refractivity contribution in [3.63, 3.8) is 0 Å². The Bertz CT molecular complexity index is 775. The standard InChI is InChI=1S/C19H24N4O2/c1-12-9-13(2)18(14(3)10-12)22-19(24)16-11-17(21-15(4)20-16)23-5-7-25-8-6-23/h9-11H,5-8H2,1-4H3,(H,22,24). The fourth-order valence-corrected chi connectivity index (χ4v) is 3.18. The molecule has 1 saturated heterocycles. The van der Waals surface area contributed by atoms with Crippen LogP contribution in [0.2, 0.25) is 0 Å². The van der Waals surface area contributed by atoms with Gasteiger partial charge in [-0.3, -0.25) is 4.79 Å². The van der Waals surface area contributed by atoms with Crippen LogP contribution in [0.4, 0.5) is 11.5 Å². The second-order valence-corrected chi connectivity index (χ2v) is 6.49. The van der Waals surface area contributed by atoms with Crippen molar-refractivity contribution in [1.82, 2.24) is 9.97 Å².